The van der Waals surface area contributed by atoms with Crippen molar-refractivity contribution < 1.29 is 0 Å². The molecule has 0 spiro atoms. The molecule has 2 atom stereocenters. The molecule has 11 aromatic rings. The maximum absolute atomic E-state index is 11.8. The molecule has 0 N–H and O–H groups in total. The normalized spacial score (nSPS) is 15.2. The molecule has 1 fully saturated rings. The van der Waals surface area contributed by atoms with Crippen LogP contribution in [0.5, 0.6) is 0 Å². The molecule has 0 saturated heterocycles. The van der Waals surface area contributed by atoms with Crippen molar-refractivity contribution in [3.05, 3.63) is 222 Å². The zero-order valence-electron chi connectivity index (χ0n) is 35.5. The first-order valence-corrected chi connectivity index (χ1v) is 22.6. The van der Waals surface area contributed by atoms with E-state index in [0.717, 1.165) is 119 Å². The third kappa shape index (κ3) is 5.48. The van der Waals surface area contributed by atoms with Gasteiger partial charge in [0.05, 0.1) is 51.6 Å². The lowest BCUT2D eigenvalue weighted by Gasteiger charge is -2.28. The van der Waals surface area contributed by atoms with Gasteiger partial charge in [0, 0.05) is 32.7 Å². The summed E-state index contributed by atoms with van der Waals surface area (Å²) in [6.07, 6.45) is 3.11. The fraction of sp³-hybridized carbons (Fsp3) is 0.0820. The molecule has 2 bridgehead atoms. The summed E-state index contributed by atoms with van der Waals surface area (Å²) in [4.78, 5) is 4.50. The van der Waals surface area contributed by atoms with E-state index in [9.17, 15) is 11.8 Å². The highest BCUT2D eigenvalue weighted by atomic mass is 15.0. The van der Waals surface area contributed by atoms with Crippen LogP contribution in [-0.4, -0.2) is 9.13 Å². The highest BCUT2D eigenvalue weighted by Gasteiger charge is 2.44. The molecule has 2 heterocycles. The van der Waals surface area contributed by atoms with Crippen LogP contribution in [0.15, 0.2) is 194 Å². The zero-order valence-corrected chi connectivity index (χ0v) is 35.5. The van der Waals surface area contributed by atoms with Crippen LogP contribution in [0.3, 0.4) is 0 Å². The summed E-state index contributed by atoms with van der Waals surface area (Å²) in [6, 6.07) is 71.8. The lowest BCUT2D eigenvalue weighted by Crippen LogP contribution is -2.13. The van der Waals surface area contributed by atoms with E-state index in [1.54, 1.807) is 0 Å². The first-order valence-electron chi connectivity index (χ1n) is 22.6. The molecule has 2 unspecified atom stereocenters. The summed E-state index contributed by atoms with van der Waals surface area (Å²) in [6.45, 7) is 9.21. The van der Waals surface area contributed by atoms with Crippen LogP contribution in [0.25, 0.3) is 104 Å². The van der Waals surface area contributed by atoms with Crippen LogP contribution in [0, 0.1) is 17.9 Å². The number of para-hydroxylation sites is 2. The lowest BCUT2D eigenvalue weighted by atomic mass is 9.85. The molecule has 65 heavy (non-hydrogen) atoms. The maximum Gasteiger partial charge on any atom is 0.230 e. The van der Waals surface area contributed by atoms with Gasteiger partial charge in [0.1, 0.15) is 0 Å². The molecular weight excluding hydrogens is 789 g/mol. The minimum absolute atomic E-state index is 0.252. The second-order valence-corrected chi connectivity index (χ2v) is 17.7. The van der Waals surface area contributed by atoms with Crippen molar-refractivity contribution in [1.29, 1.82) is 5.26 Å². The van der Waals surface area contributed by atoms with E-state index in [-0.39, 0.29) is 11.8 Å². The third-order valence-corrected chi connectivity index (χ3v) is 14.4. The number of hydrogen-bond donors (Lipinski definition) is 0. The molecule has 4 nitrogen and oxygen atoms in total. The van der Waals surface area contributed by atoms with Gasteiger partial charge in [-0.15, -0.1) is 0 Å². The summed E-state index contributed by atoms with van der Waals surface area (Å²) in [5.41, 5.74) is 18.2. The van der Waals surface area contributed by atoms with Crippen molar-refractivity contribution in [3.63, 3.8) is 0 Å². The first kappa shape index (κ1) is 37.1. The Bertz CT molecular complexity index is 3560. The maximum atomic E-state index is 11.8. The van der Waals surface area contributed by atoms with Crippen molar-refractivity contribution in [2.75, 3.05) is 0 Å². The number of nitrogens with zero attached hydrogens (tertiary/aromatic N) is 4. The number of aromatic nitrogens is 2. The zero-order chi connectivity index (χ0) is 43.2. The minimum atomic E-state index is 0.252. The van der Waals surface area contributed by atoms with Crippen LogP contribution in [0.4, 0.5) is 5.69 Å². The van der Waals surface area contributed by atoms with E-state index >= 15 is 0 Å². The van der Waals surface area contributed by atoms with E-state index in [1.165, 1.54) is 11.1 Å². The van der Waals surface area contributed by atoms with Crippen LogP contribution in [0.2, 0.25) is 0 Å². The standard InChI is InChI=1S/C61H40N4/c1-63-57-52(37-62)60(64-53-32-30-42(38-16-6-2-7-17-38)35-50(53)48-26-14-24-46(58(48)64)40-20-10-4-11-21-40)55-44-28-29-45(34-44)56(55)61(57)65-54-33-31-43(39-18-8-3-9-19-39)36-51(54)49-27-15-25-47(59(49)65)41-22-12-5-13-23-41/h2-27,30-33,35-36,44-45H,28-29,34H2. The van der Waals surface area contributed by atoms with Gasteiger partial charge < -0.3 is 9.13 Å². The molecule has 0 radical (unpaired) electrons. The van der Waals surface area contributed by atoms with E-state index < -0.39 is 0 Å². The Labute approximate surface area is 377 Å². The number of hydrogen-bond acceptors (Lipinski definition) is 1. The first-order chi connectivity index (χ1) is 32.2. The van der Waals surface area contributed by atoms with Gasteiger partial charge in [-0.3, -0.25) is 0 Å². The van der Waals surface area contributed by atoms with Gasteiger partial charge in [-0.1, -0.05) is 170 Å². The molecule has 2 aliphatic rings. The summed E-state index contributed by atoms with van der Waals surface area (Å²) in [5.74, 6) is 0.505. The molecule has 2 aromatic heterocycles. The summed E-state index contributed by atoms with van der Waals surface area (Å²) < 4.78 is 4.76. The van der Waals surface area contributed by atoms with Crippen molar-refractivity contribution in [3.8, 4) is 62.0 Å². The van der Waals surface area contributed by atoms with Gasteiger partial charge in [0.2, 0.25) is 5.69 Å². The van der Waals surface area contributed by atoms with Gasteiger partial charge in [0.15, 0.2) is 0 Å². The van der Waals surface area contributed by atoms with Gasteiger partial charge >= 0.3 is 0 Å². The second-order valence-electron chi connectivity index (χ2n) is 17.7. The van der Waals surface area contributed by atoms with Gasteiger partial charge in [-0.05, 0) is 99.9 Å². The SMILES string of the molecule is [C-]#[N+]c1c(C#N)c(-n2c3ccc(-c4ccccc4)cc3c3cccc(-c4ccccc4)c32)c2c(c1-n1c3ccc(-c4ccccc4)cc3c3cccc(-c4ccccc4)c31)C1CCC2C1. The minimum Gasteiger partial charge on any atom is -0.318 e. The average Bonchev–Trinajstić information content (AvgIpc) is 4.16. The fourth-order valence-electron chi connectivity index (χ4n) is 11.7. The molecule has 0 amide bonds. The van der Waals surface area contributed by atoms with E-state index in [4.69, 9.17) is 0 Å². The summed E-state index contributed by atoms with van der Waals surface area (Å²) in [7, 11) is 0. The Balaban J connectivity index is 1.19. The monoisotopic (exact) mass is 828 g/mol. The number of nitriles is 1. The van der Waals surface area contributed by atoms with E-state index in [1.807, 2.05) is 0 Å². The number of rotatable bonds is 6. The molecule has 9 aromatic carbocycles. The molecule has 2 aliphatic carbocycles. The van der Waals surface area contributed by atoms with E-state index in [0.29, 0.717) is 11.3 Å². The van der Waals surface area contributed by atoms with Crippen molar-refractivity contribution in [2.24, 2.45) is 0 Å². The van der Waals surface area contributed by atoms with E-state index in [2.05, 4.69) is 214 Å². The Hall–Kier alpha value is -8.44. The van der Waals surface area contributed by atoms with Gasteiger partial charge in [0.25, 0.3) is 0 Å². The Morgan fingerprint density at radius 2 is 0.877 bits per heavy atom. The van der Waals surface area contributed by atoms with Crippen LogP contribution in [0.1, 0.15) is 47.8 Å². The van der Waals surface area contributed by atoms with Crippen molar-refractivity contribution in [1.82, 2.24) is 9.13 Å². The topological polar surface area (TPSA) is 38.0 Å². The molecule has 13 rings (SSSR count). The Morgan fingerprint density at radius 1 is 0.446 bits per heavy atom. The second kappa shape index (κ2) is 14.6. The van der Waals surface area contributed by atoms with Crippen molar-refractivity contribution in [2.45, 2.75) is 31.1 Å². The van der Waals surface area contributed by atoms with Crippen LogP contribution in [-0.2, 0) is 0 Å². The number of benzene rings is 9. The molecular formula is C61H40N4. The molecule has 0 aliphatic heterocycles. The van der Waals surface area contributed by atoms with Gasteiger partial charge in [-0.2, -0.15) is 5.26 Å². The highest BCUT2D eigenvalue weighted by molar-refractivity contribution is 6.17. The Kier molecular flexibility index (Phi) is 8.32. The third-order valence-electron chi connectivity index (χ3n) is 14.4. The summed E-state index contributed by atoms with van der Waals surface area (Å²) in [5, 5.41) is 16.3. The van der Waals surface area contributed by atoms with Crippen LogP contribution < -0.4 is 0 Å². The number of fused-ring (bicyclic) bond motifs is 11. The molecule has 4 heteroatoms. The summed E-state index contributed by atoms with van der Waals surface area (Å²) >= 11 is 0. The van der Waals surface area contributed by atoms with Gasteiger partial charge in [-0.25, -0.2) is 4.85 Å². The predicted octanol–water partition coefficient (Wildman–Crippen LogP) is 16.3. The largest absolute Gasteiger partial charge is 0.318 e. The van der Waals surface area contributed by atoms with Crippen LogP contribution >= 0.6 is 0 Å². The fourth-order valence-corrected chi connectivity index (χ4v) is 11.7. The Morgan fingerprint density at radius 3 is 1.32 bits per heavy atom. The average molecular weight is 829 g/mol. The smallest absolute Gasteiger partial charge is 0.230 e. The molecule has 304 valence electrons. The van der Waals surface area contributed by atoms with Crippen molar-refractivity contribution >= 4 is 49.3 Å². The quantitative estimate of drug-likeness (QED) is 0.154. The lowest BCUT2D eigenvalue weighted by molar-refractivity contribution is 0.711. The highest BCUT2D eigenvalue weighted by Crippen LogP contribution is 2.61. The molecule has 1 saturated carbocycles. The predicted molar refractivity (Wildman–Crippen MR) is 267 cm³/mol.